The maximum absolute atomic E-state index is 4.33. The fourth-order valence-corrected chi connectivity index (χ4v) is 2.79. The second kappa shape index (κ2) is 5.39. The Kier molecular flexibility index (Phi) is 3.88. The summed E-state index contributed by atoms with van der Waals surface area (Å²) in [6, 6.07) is 2.16. The molecule has 0 aliphatic carbocycles. The van der Waals surface area contributed by atoms with E-state index >= 15 is 0 Å². The number of thiophene rings is 1. The van der Waals surface area contributed by atoms with E-state index in [4.69, 9.17) is 0 Å². The number of thiazole rings is 1. The quantitative estimate of drug-likeness (QED) is 0.810. The Balaban J connectivity index is 1.67. The van der Waals surface area contributed by atoms with Gasteiger partial charge in [0, 0.05) is 30.6 Å². The van der Waals surface area contributed by atoms with Crippen LogP contribution in [0.5, 0.6) is 0 Å². The van der Waals surface area contributed by atoms with Gasteiger partial charge in [0.05, 0.1) is 5.01 Å². The highest BCUT2D eigenvalue weighted by Crippen LogP contribution is 2.11. The van der Waals surface area contributed by atoms with Crippen LogP contribution in [0.1, 0.15) is 15.4 Å². The van der Waals surface area contributed by atoms with Crippen LogP contribution in [-0.2, 0) is 13.0 Å². The van der Waals surface area contributed by atoms with Gasteiger partial charge in [-0.25, -0.2) is 4.98 Å². The lowest BCUT2D eigenvalue weighted by molar-refractivity contribution is 0.686. The van der Waals surface area contributed by atoms with E-state index in [-0.39, 0.29) is 0 Å². The molecule has 0 aromatic carbocycles. The maximum atomic E-state index is 4.33. The van der Waals surface area contributed by atoms with E-state index in [2.05, 4.69) is 34.1 Å². The molecule has 0 saturated heterocycles. The van der Waals surface area contributed by atoms with Crippen LogP contribution < -0.4 is 5.32 Å². The summed E-state index contributed by atoms with van der Waals surface area (Å²) < 4.78 is 0. The smallest absolute Gasteiger partial charge is 0.0940 e. The third-order valence-corrected chi connectivity index (χ3v) is 3.80. The van der Waals surface area contributed by atoms with Crippen LogP contribution in [0.15, 0.2) is 23.0 Å². The van der Waals surface area contributed by atoms with Crippen LogP contribution >= 0.6 is 22.7 Å². The molecule has 2 aromatic rings. The second-order valence-corrected chi connectivity index (χ2v) is 5.52. The minimum absolute atomic E-state index is 0.966. The van der Waals surface area contributed by atoms with Crippen LogP contribution in [-0.4, -0.2) is 11.5 Å². The molecule has 2 rings (SSSR count). The zero-order chi connectivity index (χ0) is 10.5. The molecule has 2 nitrogen and oxygen atoms in total. The predicted molar refractivity (Wildman–Crippen MR) is 66.6 cm³/mol. The fourth-order valence-electron chi connectivity index (χ4n) is 1.34. The first-order valence-corrected chi connectivity index (χ1v) is 6.73. The fraction of sp³-hybridized carbons (Fsp3) is 0.364. The minimum atomic E-state index is 0.966. The Morgan fingerprint density at radius 3 is 3.07 bits per heavy atom. The molecule has 2 aromatic heterocycles. The Morgan fingerprint density at radius 1 is 1.47 bits per heavy atom. The molecule has 0 unspecified atom stereocenters. The standard InChI is InChI=1S/C11H14N2S2/c1-9-6-13-11(15-9)2-4-12-7-10-3-5-14-8-10/h3,5-6,8,12H,2,4,7H2,1H3. The van der Waals surface area contributed by atoms with Gasteiger partial charge >= 0.3 is 0 Å². The van der Waals surface area contributed by atoms with Crippen LogP contribution in [0.3, 0.4) is 0 Å². The number of hydrogen-bond acceptors (Lipinski definition) is 4. The van der Waals surface area contributed by atoms with Crippen molar-refractivity contribution in [2.24, 2.45) is 0 Å². The molecule has 0 saturated carbocycles. The molecule has 80 valence electrons. The summed E-state index contributed by atoms with van der Waals surface area (Å²) >= 11 is 3.53. The van der Waals surface area contributed by atoms with E-state index in [1.807, 2.05) is 6.20 Å². The molecule has 4 heteroatoms. The Labute approximate surface area is 98.0 Å². The first-order chi connectivity index (χ1) is 7.34. The Hall–Kier alpha value is -0.710. The lowest BCUT2D eigenvalue weighted by Gasteiger charge is -2.00. The van der Waals surface area contributed by atoms with Crippen LogP contribution in [0.25, 0.3) is 0 Å². The van der Waals surface area contributed by atoms with Crippen molar-refractivity contribution in [3.8, 4) is 0 Å². The van der Waals surface area contributed by atoms with Crippen molar-refractivity contribution in [1.82, 2.24) is 10.3 Å². The van der Waals surface area contributed by atoms with Crippen molar-refractivity contribution in [2.45, 2.75) is 19.9 Å². The molecular weight excluding hydrogens is 224 g/mol. The minimum Gasteiger partial charge on any atom is -0.312 e. The molecule has 15 heavy (non-hydrogen) atoms. The SMILES string of the molecule is Cc1cnc(CCNCc2ccsc2)s1. The van der Waals surface area contributed by atoms with E-state index in [0.29, 0.717) is 0 Å². The summed E-state index contributed by atoms with van der Waals surface area (Å²) in [4.78, 5) is 5.63. The molecule has 0 amide bonds. The molecule has 0 aliphatic heterocycles. The van der Waals surface area contributed by atoms with Gasteiger partial charge in [-0.15, -0.1) is 11.3 Å². The van der Waals surface area contributed by atoms with Gasteiger partial charge in [0.15, 0.2) is 0 Å². The van der Waals surface area contributed by atoms with Gasteiger partial charge in [-0.05, 0) is 29.3 Å². The van der Waals surface area contributed by atoms with Crippen molar-refractivity contribution in [2.75, 3.05) is 6.54 Å². The molecule has 0 atom stereocenters. The summed E-state index contributed by atoms with van der Waals surface area (Å²) in [7, 11) is 0. The van der Waals surface area contributed by atoms with E-state index in [9.17, 15) is 0 Å². The molecule has 0 bridgehead atoms. The normalized spacial score (nSPS) is 10.7. The zero-order valence-electron chi connectivity index (χ0n) is 8.69. The summed E-state index contributed by atoms with van der Waals surface area (Å²) in [6.07, 6.45) is 2.97. The third kappa shape index (κ3) is 3.41. The van der Waals surface area contributed by atoms with Gasteiger partial charge in [-0.1, -0.05) is 0 Å². The van der Waals surface area contributed by atoms with Crippen molar-refractivity contribution >= 4 is 22.7 Å². The Morgan fingerprint density at radius 2 is 2.40 bits per heavy atom. The van der Waals surface area contributed by atoms with E-state index in [1.165, 1.54) is 15.4 Å². The summed E-state index contributed by atoms with van der Waals surface area (Å²) in [5, 5.41) is 8.94. The van der Waals surface area contributed by atoms with Gasteiger partial charge in [-0.3, -0.25) is 0 Å². The lowest BCUT2D eigenvalue weighted by Crippen LogP contribution is -2.16. The summed E-state index contributed by atoms with van der Waals surface area (Å²) in [5.74, 6) is 0. The predicted octanol–water partition coefficient (Wildman–Crippen LogP) is 2.85. The second-order valence-electron chi connectivity index (χ2n) is 3.42. The van der Waals surface area contributed by atoms with Gasteiger partial charge in [0.1, 0.15) is 0 Å². The molecule has 2 heterocycles. The number of nitrogens with zero attached hydrogens (tertiary/aromatic N) is 1. The first-order valence-electron chi connectivity index (χ1n) is 4.98. The highest BCUT2D eigenvalue weighted by molar-refractivity contribution is 7.11. The summed E-state index contributed by atoms with van der Waals surface area (Å²) in [6.45, 7) is 4.07. The van der Waals surface area contributed by atoms with E-state index < -0.39 is 0 Å². The largest absolute Gasteiger partial charge is 0.312 e. The number of aromatic nitrogens is 1. The lowest BCUT2D eigenvalue weighted by atomic mass is 10.3. The average Bonchev–Trinajstić information content (AvgIpc) is 2.84. The van der Waals surface area contributed by atoms with Crippen LogP contribution in [0.2, 0.25) is 0 Å². The number of rotatable bonds is 5. The van der Waals surface area contributed by atoms with Crippen LogP contribution in [0.4, 0.5) is 0 Å². The number of hydrogen-bond donors (Lipinski definition) is 1. The van der Waals surface area contributed by atoms with E-state index in [0.717, 1.165) is 19.5 Å². The first kappa shape index (κ1) is 10.8. The molecule has 0 fully saturated rings. The van der Waals surface area contributed by atoms with Crippen molar-refractivity contribution in [1.29, 1.82) is 0 Å². The number of aryl methyl sites for hydroxylation is 1. The molecule has 1 N–H and O–H groups in total. The monoisotopic (exact) mass is 238 g/mol. The zero-order valence-corrected chi connectivity index (χ0v) is 10.3. The molecule has 0 radical (unpaired) electrons. The average molecular weight is 238 g/mol. The highest BCUT2D eigenvalue weighted by atomic mass is 32.1. The topological polar surface area (TPSA) is 24.9 Å². The van der Waals surface area contributed by atoms with Gasteiger partial charge in [0.25, 0.3) is 0 Å². The molecule has 0 aliphatic rings. The summed E-state index contributed by atoms with van der Waals surface area (Å²) in [5.41, 5.74) is 1.37. The van der Waals surface area contributed by atoms with E-state index in [1.54, 1.807) is 22.7 Å². The molecular formula is C11H14N2S2. The van der Waals surface area contributed by atoms with Crippen molar-refractivity contribution < 1.29 is 0 Å². The van der Waals surface area contributed by atoms with Crippen molar-refractivity contribution in [3.05, 3.63) is 38.5 Å². The maximum Gasteiger partial charge on any atom is 0.0940 e. The van der Waals surface area contributed by atoms with Crippen molar-refractivity contribution in [3.63, 3.8) is 0 Å². The molecule has 0 spiro atoms. The third-order valence-electron chi connectivity index (χ3n) is 2.09. The van der Waals surface area contributed by atoms with Gasteiger partial charge in [0.2, 0.25) is 0 Å². The Bertz CT molecular complexity index is 392. The highest BCUT2D eigenvalue weighted by Gasteiger charge is 1.98. The van der Waals surface area contributed by atoms with Gasteiger partial charge < -0.3 is 5.32 Å². The number of nitrogens with one attached hydrogen (secondary N) is 1. The van der Waals surface area contributed by atoms with Crippen LogP contribution in [0, 0.1) is 6.92 Å². The van der Waals surface area contributed by atoms with Gasteiger partial charge in [-0.2, -0.15) is 11.3 Å².